The zero-order valence-electron chi connectivity index (χ0n) is 10.5. The monoisotopic (exact) mass is 320 g/mol. The molecule has 0 saturated heterocycles. The summed E-state index contributed by atoms with van der Waals surface area (Å²) in [6.45, 7) is 0. The molecule has 0 unspecified atom stereocenters. The number of aromatic carboxylic acids is 1. The summed E-state index contributed by atoms with van der Waals surface area (Å²) in [4.78, 5) is 15.7. The largest absolute Gasteiger partial charge is 0.478 e. The molecule has 0 aliphatic rings. The van der Waals surface area contributed by atoms with Crippen molar-refractivity contribution in [2.45, 2.75) is 0 Å². The number of halogens is 1. The van der Waals surface area contributed by atoms with Gasteiger partial charge >= 0.3 is 5.97 Å². The number of thiazole rings is 1. The van der Waals surface area contributed by atoms with Crippen molar-refractivity contribution >= 4 is 45.8 Å². The van der Waals surface area contributed by atoms with Gasteiger partial charge in [0.2, 0.25) is 0 Å². The van der Waals surface area contributed by atoms with Crippen LogP contribution in [0.5, 0.6) is 0 Å². The number of imidazole rings is 1. The van der Waals surface area contributed by atoms with Gasteiger partial charge in [-0.25, -0.2) is 9.78 Å². The van der Waals surface area contributed by atoms with Gasteiger partial charge in [0.25, 0.3) is 0 Å². The molecule has 3 rings (SSSR count). The smallest absolute Gasteiger partial charge is 0.335 e. The van der Waals surface area contributed by atoms with Crippen molar-refractivity contribution in [1.82, 2.24) is 9.38 Å². The number of rotatable bonds is 4. The Labute approximate surface area is 128 Å². The molecule has 0 aliphatic heterocycles. The predicted octanol–water partition coefficient (Wildman–Crippen LogP) is 3.19. The van der Waals surface area contributed by atoms with Gasteiger partial charge in [0.05, 0.1) is 17.5 Å². The van der Waals surface area contributed by atoms with Crippen molar-refractivity contribution in [3.05, 3.63) is 52.3 Å². The van der Waals surface area contributed by atoms with Crippen LogP contribution >= 0.6 is 22.9 Å². The van der Waals surface area contributed by atoms with E-state index in [2.05, 4.69) is 15.5 Å². The molecule has 0 bridgehead atoms. The van der Waals surface area contributed by atoms with E-state index in [1.807, 2.05) is 16.0 Å². The normalized spacial score (nSPS) is 11.3. The van der Waals surface area contributed by atoms with E-state index in [1.165, 1.54) is 23.5 Å². The topological polar surface area (TPSA) is 79.0 Å². The molecule has 0 aliphatic carbocycles. The minimum atomic E-state index is -0.962. The molecule has 3 aromatic rings. The highest BCUT2D eigenvalue weighted by Crippen LogP contribution is 2.19. The second kappa shape index (κ2) is 5.55. The summed E-state index contributed by atoms with van der Waals surface area (Å²) in [5.41, 5.74) is 4.40. The molecule has 0 atom stereocenters. The third-order valence-corrected chi connectivity index (χ3v) is 3.80. The van der Waals surface area contributed by atoms with Crippen LogP contribution in [0.25, 0.3) is 4.96 Å². The second-order valence-corrected chi connectivity index (χ2v) is 5.33. The number of aromatic nitrogens is 2. The first kappa shape index (κ1) is 13.6. The van der Waals surface area contributed by atoms with Crippen molar-refractivity contribution < 1.29 is 9.90 Å². The fourth-order valence-corrected chi connectivity index (χ4v) is 2.74. The number of carbonyl (C=O) groups is 1. The van der Waals surface area contributed by atoms with E-state index in [4.69, 9.17) is 16.7 Å². The molecule has 6 nitrogen and oxygen atoms in total. The van der Waals surface area contributed by atoms with E-state index >= 15 is 0 Å². The molecule has 0 radical (unpaired) electrons. The summed E-state index contributed by atoms with van der Waals surface area (Å²) in [6.07, 6.45) is 3.43. The Morgan fingerprint density at radius 2 is 2.19 bits per heavy atom. The van der Waals surface area contributed by atoms with Crippen molar-refractivity contribution in [1.29, 1.82) is 0 Å². The van der Waals surface area contributed by atoms with Gasteiger partial charge in [-0.1, -0.05) is 11.6 Å². The molecule has 2 heterocycles. The average Bonchev–Trinajstić information content (AvgIpc) is 3.02. The zero-order valence-corrected chi connectivity index (χ0v) is 12.1. The van der Waals surface area contributed by atoms with Gasteiger partial charge in [0.15, 0.2) is 10.1 Å². The maximum atomic E-state index is 10.7. The lowest BCUT2D eigenvalue weighted by atomic mass is 10.2. The number of fused-ring (bicyclic) bond motifs is 1. The molecule has 8 heteroatoms. The first-order chi connectivity index (χ1) is 10.1. The average molecular weight is 321 g/mol. The maximum Gasteiger partial charge on any atom is 0.335 e. The number of carboxylic acid groups (broad SMARTS) is 1. The number of nitrogens with zero attached hydrogens (tertiary/aromatic N) is 3. The highest BCUT2D eigenvalue weighted by molar-refractivity contribution is 7.15. The number of hydrogen-bond acceptors (Lipinski definition) is 5. The van der Waals surface area contributed by atoms with Crippen LogP contribution in [-0.4, -0.2) is 26.7 Å². The summed E-state index contributed by atoms with van der Waals surface area (Å²) in [6, 6.07) is 6.28. The quantitative estimate of drug-likeness (QED) is 0.571. The van der Waals surface area contributed by atoms with E-state index in [-0.39, 0.29) is 5.56 Å². The summed E-state index contributed by atoms with van der Waals surface area (Å²) in [7, 11) is 0. The van der Waals surface area contributed by atoms with E-state index in [0.717, 1.165) is 4.96 Å². The van der Waals surface area contributed by atoms with Gasteiger partial charge in [-0.3, -0.25) is 9.83 Å². The molecule has 1 aromatic carbocycles. The highest BCUT2D eigenvalue weighted by atomic mass is 35.5. The first-order valence-corrected chi connectivity index (χ1v) is 7.14. The van der Waals surface area contributed by atoms with Gasteiger partial charge in [-0.05, 0) is 24.3 Å². The standard InChI is InChI=1S/C13H9ClN4O2S/c14-11-10(18-5-6-21-13(18)16-11)7-15-17-9-3-1-8(2-4-9)12(19)20/h1-7,17H,(H,19,20). The molecule has 0 saturated carbocycles. The number of anilines is 1. The number of benzene rings is 1. The van der Waals surface area contributed by atoms with Gasteiger partial charge in [-0.2, -0.15) is 5.10 Å². The Hall–Kier alpha value is -2.38. The van der Waals surface area contributed by atoms with E-state index in [1.54, 1.807) is 18.3 Å². The van der Waals surface area contributed by atoms with Gasteiger partial charge < -0.3 is 5.11 Å². The highest BCUT2D eigenvalue weighted by Gasteiger charge is 2.08. The SMILES string of the molecule is O=C(O)c1ccc(NN=Cc2c(Cl)nc3sccn23)cc1. The van der Waals surface area contributed by atoms with Crippen LogP contribution in [0.4, 0.5) is 5.69 Å². The van der Waals surface area contributed by atoms with E-state index < -0.39 is 5.97 Å². The fraction of sp³-hybridized carbons (Fsp3) is 0. The molecular weight excluding hydrogens is 312 g/mol. The second-order valence-electron chi connectivity index (χ2n) is 4.10. The summed E-state index contributed by atoms with van der Waals surface area (Å²) >= 11 is 7.52. The molecule has 2 aromatic heterocycles. The van der Waals surface area contributed by atoms with Crippen LogP contribution in [0, 0.1) is 0 Å². The molecule has 0 spiro atoms. The van der Waals surface area contributed by atoms with Crippen LogP contribution < -0.4 is 5.43 Å². The minimum Gasteiger partial charge on any atom is -0.478 e. The zero-order chi connectivity index (χ0) is 14.8. The summed E-state index contributed by atoms with van der Waals surface area (Å²) in [5.74, 6) is -0.962. The number of hydrazone groups is 1. The van der Waals surface area contributed by atoms with Gasteiger partial charge in [-0.15, -0.1) is 11.3 Å². The lowest BCUT2D eigenvalue weighted by molar-refractivity contribution is 0.0697. The third-order valence-electron chi connectivity index (χ3n) is 2.77. The lowest BCUT2D eigenvalue weighted by Crippen LogP contribution is -1.97. The van der Waals surface area contributed by atoms with Crippen molar-refractivity contribution in [3.8, 4) is 0 Å². The Morgan fingerprint density at radius 3 is 2.90 bits per heavy atom. The lowest BCUT2D eigenvalue weighted by Gasteiger charge is -2.00. The molecule has 0 amide bonds. The Balaban J connectivity index is 1.76. The van der Waals surface area contributed by atoms with Crippen LogP contribution in [0.15, 0.2) is 40.9 Å². The fourth-order valence-electron chi connectivity index (χ4n) is 1.75. The minimum absolute atomic E-state index is 0.225. The predicted molar refractivity (Wildman–Crippen MR) is 82.7 cm³/mol. The molecule has 2 N–H and O–H groups in total. The van der Waals surface area contributed by atoms with Crippen molar-refractivity contribution in [3.63, 3.8) is 0 Å². The third kappa shape index (κ3) is 2.74. The number of nitrogens with one attached hydrogen (secondary N) is 1. The van der Waals surface area contributed by atoms with Crippen LogP contribution in [0.3, 0.4) is 0 Å². The van der Waals surface area contributed by atoms with Crippen molar-refractivity contribution in [2.24, 2.45) is 5.10 Å². The van der Waals surface area contributed by atoms with Gasteiger partial charge in [0, 0.05) is 11.6 Å². The van der Waals surface area contributed by atoms with Crippen LogP contribution in [0.2, 0.25) is 5.15 Å². The van der Waals surface area contributed by atoms with Gasteiger partial charge in [0.1, 0.15) is 5.69 Å². The summed E-state index contributed by atoms with van der Waals surface area (Å²) in [5, 5.41) is 15.2. The van der Waals surface area contributed by atoms with Crippen molar-refractivity contribution in [2.75, 3.05) is 5.43 Å². The Morgan fingerprint density at radius 1 is 1.43 bits per heavy atom. The van der Waals surface area contributed by atoms with Crippen LogP contribution in [-0.2, 0) is 0 Å². The molecule has 21 heavy (non-hydrogen) atoms. The van der Waals surface area contributed by atoms with E-state index in [0.29, 0.717) is 16.5 Å². The Bertz CT molecular complexity index is 822. The maximum absolute atomic E-state index is 10.7. The Kier molecular flexibility index (Phi) is 3.59. The molecular formula is C13H9ClN4O2S. The molecule has 106 valence electrons. The number of carboxylic acids is 1. The van der Waals surface area contributed by atoms with Crippen LogP contribution in [0.1, 0.15) is 16.1 Å². The van der Waals surface area contributed by atoms with E-state index in [9.17, 15) is 4.79 Å². The number of hydrogen-bond donors (Lipinski definition) is 2. The molecule has 0 fully saturated rings. The first-order valence-electron chi connectivity index (χ1n) is 5.88. The summed E-state index contributed by atoms with van der Waals surface area (Å²) < 4.78 is 1.84.